The molecule has 0 fully saturated rings. The lowest BCUT2D eigenvalue weighted by Gasteiger charge is -2.10. The fourth-order valence-electron chi connectivity index (χ4n) is 2.01. The second-order valence-electron chi connectivity index (χ2n) is 4.54. The quantitative estimate of drug-likeness (QED) is 0.811. The molecule has 7 heteroatoms. The molecule has 0 saturated heterocycles. The standard InChI is InChI=1S/C15H18N2O4S/c1-4-5-10-13(14(18)19)22-15(16-10)17-11-8-9(20-2)6-7-12(11)21-3/h6-8H,4-5H2,1-3H3,(H,16,17)(H,18,19). The summed E-state index contributed by atoms with van der Waals surface area (Å²) in [5.74, 6) is 0.351. The average Bonchev–Trinajstić information content (AvgIpc) is 2.90. The first kappa shape index (κ1) is 16.1. The molecule has 1 aromatic carbocycles. The number of benzene rings is 1. The van der Waals surface area contributed by atoms with Gasteiger partial charge in [0.15, 0.2) is 5.13 Å². The number of nitrogens with zero attached hydrogens (tertiary/aromatic N) is 1. The van der Waals surface area contributed by atoms with Crippen molar-refractivity contribution in [2.75, 3.05) is 19.5 Å². The third-order valence-electron chi connectivity index (χ3n) is 3.03. The summed E-state index contributed by atoms with van der Waals surface area (Å²) in [4.78, 5) is 15.9. The Labute approximate surface area is 132 Å². The van der Waals surface area contributed by atoms with E-state index in [-0.39, 0.29) is 4.88 Å². The van der Waals surface area contributed by atoms with Crippen molar-refractivity contribution in [2.24, 2.45) is 0 Å². The maximum absolute atomic E-state index is 11.3. The van der Waals surface area contributed by atoms with E-state index in [1.54, 1.807) is 32.4 Å². The third-order valence-corrected chi connectivity index (χ3v) is 4.03. The number of methoxy groups -OCH3 is 2. The van der Waals surface area contributed by atoms with Gasteiger partial charge in [-0.05, 0) is 18.6 Å². The monoisotopic (exact) mass is 322 g/mol. The van der Waals surface area contributed by atoms with Crippen LogP contribution in [-0.2, 0) is 6.42 Å². The summed E-state index contributed by atoms with van der Waals surface area (Å²) in [5.41, 5.74) is 1.28. The Morgan fingerprint density at radius 3 is 2.73 bits per heavy atom. The molecule has 0 spiro atoms. The highest BCUT2D eigenvalue weighted by atomic mass is 32.1. The molecule has 0 aliphatic carbocycles. The van der Waals surface area contributed by atoms with Gasteiger partial charge in [0.2, 0.25) is 0 Å². The number of aryl methyl sites for hydroxylation is 1. The number of hydrogen-bond acceptors (Lipinski definition) is 6. The highest BCUT2D eigenvalue weighted by Crippen LogP contribution is 2.34. The van der Waals surface area contributed by atoms with Gasteiger partial charge in [0.05, 0.1) is 25.6 Å². The largest absolute Gasteiger partial charge is 0.497 e. The Hall–Kier alpha value is -2.28. The molecule has 1 aromatic heterocycles. The van der Waals surface area contributed by atoms with E-state index in [1.807, 2.05) is 6.92 Å². The van der Waals surface area contributed by atoms with Crippen LogP contribution < -0.4 is 14.8 Å². The predicted octanol–water partition coefficient (Wildman–Crippen LogP) is 3.55. The van der Waals surface area contributed by atoms with Crippen LogP contribution in [0.4, 0.5) is 10.8 Å². The molecule has 2 rings (SSSR count). The lowest BCUT2D eigenvalue weighted by atomic mass is 10.2. The van der Waals surface area contributed by atoms with Crippen LogP contribution in [0.1, 0.15) is 28.7 Å². The summed E-state index contributed by atoms with van der Waals surface area (Å²) < 4.78 is 10.5. The fraction of sp³-hybridized carbons (Fsp3) is 0.333. The zero-order valence-electron chi connectivity index (χ0n) is 12.7. The highest BCUT2D eigenvalue weighted by molar-refractivity contribution is 7.17. The molecule has 2 N–H and O–H groups in total. The van der Waals surface area contributed by atoms with Gasteiger partial charge in [-0.25, -0.2) is 9.78 Å². The number of aromatic carboxylic acids is 1. The molecule has 6 nitrogen and oxygen atoms in total. The van der Waals surface area contributed by atoms with Crippen molar-refractivity contribution in [3.05, 3.63) is 28.8 Å². The first-order valence-corrected chi connectivity index (χ1v) is 7.62. The number of nitrogens with one attached hydrogen (secondary N) is 1. The Bertz CT molecular complexity index is 670. The van der Waals surface area contributed by atoms with Gasteiger partial charge in [0.1, 0.15) is 16.4 Å². The number of hydrogen-bond donors (Lipinski definition) is 2. The molecule has 0 unspecified atom stereocenters. The molecule has 22 heavy (non-hydrogen) atoms. The van der Waals surface area contributed by atoms with Crippen LogP contribution >= 0.6 is 11.3 Å². The van der Waals surface area contributed by atoms with Crippen LogP contribution in [0, 0.1) is 0 Å². The number of ether oxygens (including phenoxy) is 2. The molecule has 0 saturated carbocycles. The van der Waals surface area contributed by atoms with Gasteiger partial charge in [0, 0.05) is 6.07 Å². The average molecular weight is 322 g/mol. The van der Waals surface area contributed by atoms with Crippen molar-refractivity contribution in [2.45, 2.75) is 19.8 Å². The molecular weight excluding hydrogens is 304 g/mol. The summed E-state index contributed by atoms with van der Waals surface area (Å²) >= 11 is 1.12. The second kappa shape index (κ2) is 7.13. The predicted molar refractivity (Wildman–Crippen MR) is 85.9 cm³/mol. The second-order valence-corrected chi connectivity index (χ2v) is 5.54. The number of anilines is 2. The minimum atomic E-state index is -0.952. The summed E-state index contributed by atoms with van der Waals surface area (Å²) in [6, 6.07) is 5.34. The molecule has 0 aliphatic rings. The lowest BCUT2D eigenvalue weighted by molar-refractivity contribution is 0.0700. The van der Waals surface area contributed by atoms with Gasteiger partial charge in [-0.15, -0.1) is 0 Å². The smallest absolute Gasteiger partial charge is 0.347 e. The first-order valence-electron chi connectivity index (χ1n) is 6.81. The van der Waals surface area contributed by atoms with Crippen molar-refractivity contribution in [3.8, 4) is 11.5 Å². The number of rotatable bonds is 7. The van der Waals surface area contributed by atoms with Gasteiger partial charge in [0.25, 0.3) is 0 Å². The van der Waals surface area contributed by atoms with Crippen LogP contribution in [-0.4, -0.2) is 30.3 Å². The van der Waals surface area contributed by atoms with Crippen LogP contribution in [0.15, 0.2) is 18.2 Å². The third kappa shape index (κ3) is 3.48. The topological polar surface area (TPSA) is 80.7 Å². The maximum atomic E-state index is 11.3. The summed E-state index contributed by atoms with van der Waals surface area (Å²) in [6.07, 6.45) is 1.47. The number of carboxylic acids is 1. The molecule has 2 aromatic rings. The molecule has 0 aliphatic heterocycles. The van der Waals surface area contributed by atoms with E-state index in [0.717, 1.165) is 17.8 Å². The van der Waals surface area contributed by atoms with E-state index < -0.39 is 5.97 Å². The van der Waals surface area contributed by atoms with Crippen LogP contribution in [0.2, 0.25) is 0 Å². The fourth-order valence-corrected chi connectivity index (χ4v) is 2.87. The van der Waals surface area contributed by atoms with E-state index in [2.05, 4.69) is 10.3 Å². The van der Waals surface area contributed by atoms with E-state index in [4.69, 9.17) is 9.47 Å². The number of thiazole rings is 1. The molecular formula is C15H18N2O4S. The van der Waals surface area contributed by atoms with Crippen molar-refractivity contribution in [1.29, 1.82) is 0 Å². The van der Waals surface area contributed by atoms with Gasteiger partial charge in [-0.2, -0.15) is 0 Å². The van der Waals surface area contributed by atoms with E-state index in [0.29, 0.717) is 34.4 Å². The molecule has 0 amide bonds. The van der Waals surface area contributed by atoms with Gasteiger partial charge < -0.3 is 19.9 Å². The van der Waals surface area contributed by atoms with Crippen LogP contribution in [0.25, 0.3) is 0 Å². The number of carbonyl (C=O) groups is 1. The Kier molecular flexibility index (Phi) is 5.21. The minimum Gasteiger partial charge on any atom is -0.497 e. The molecule has 118 valence electrons. The van der Waals surface area contributed by atoms with E-state index >= 15 is 0 Å². The Morgan fingerprint density at radius 1 is 1.36 bits per heavy atom. The molecule has 0 bridgehead atoms. The number of aromatic nitrogens is 1. The zero-order valence-corrected chi connectivity index (χ0v) is 13.5. The van der Waals surface area contributed by atoms with Gasteiger partial charge in [-0.3, -0.25) is 0 Å². The van der Waals surface area contributed by atoms with E-state index in [9.17, 15) is 9.90 Å². The highest BCUT2D eigenvalue weighted by Gasteiger charge is 2.17. The van der Waals surface area contributed by atoms with Crippen molar-refractivity contribution < 1.29 is 19.4 Å². The summed E-state index contributed by atoms with van der Waals surface area (Å²) in [6.45, 7) is 1.99. The van der Waals surface area contributed by atoms with E-state index in [1.165, 1.54) is 0 Å². The Balaban J connectivity index is 2.34. The SMILES string of the molecule is CCCc1nc(Nc2cc(OC)ccc2OC)sc1C(=O)O. The van der Waals surface area contributed by atoms with Crippen LogP contribution in [0.5, 0.6) is 11.5 Å². The van der Waals surface area contributed by atoms with Gasteiger partial charge >= 0.3 is 5.97 Å². The minimum absolute atomic E-state index is 0.270. The molecule has 0 radical (unpaired) electrons. The molecule has 1 heterocycles. The lowest BCUT2D eigenvalue weighted by Crippen LogP contribution is -1.98. The maximum Gasteiger partial charge on any atom is 0.347 e. The Morgan fingerprint density at radius 2 is 2.14 bits per heavy atom. The van der Waals surface area contributed by atoms with Crippen molar-refractivity contribution in [3.63, 3.8) is 0 Å². The molecule has 0 atom stereocenters. The zero-order chi connectivity index (χ0) is 16.1. The normalized spacial score (nSPS) is 10.3. The van der Waals surface area contributed by atoms with Crippen molar-refractivity contribution in [1.82, 2.24) is 4.98 Å². The van der Waals surface area contributed by atoms with Crippen LogP contribution in [0.3, 0.4) is 0 Å². The van der Waals surface area contributed by atoms with Crippen molar-refractivity contribution >= 4 is 28.1 Å². The first-order chi connectivity index (χ1) is 10.6. The summed E-state index contributed by atoms with van der Waals surface area (Å²) in [7, 11) is 3.15. The summed E-state index contributed by atoms with van der Waals surface area (Å²) in [5, 5.41) is 12.9. The van der Waals surface area contributed by atoms with Gasteiger partial charge in [-0.1, -0.05) is 24.7 Å². The number of carboxylic acid groups (broad SMARTS) is 1.